The van der Waals surface area contributed by atoms with Crippen LogP contribution in [0.5, 0.6) is 5.88 Å². The first-order valence-corrected chi connectivity index (χ1v) is 14.4. The summed E-state index contributed by atoms with van der Waals surface area (Å²) < 4.78 is 44.6. The Hall–Kier alpha value is -3.41. The van der Waals surface area contributed by atoms with E-state index in [9.17, 15) is 22.8 Å². The molecule has 1 aliphatic carbocycles. The molecular formula is C29H37F3N6O3. The first kappa shape index (κ1) is 29.1. The average molecular weight is 575 g/mol. The standard InChI is InChI=1S/C29H37F3N6O3/c1-3-21-17-37(28(40)18-14-19(15-18)29(30,31)32)12-13-38(21)24-8-7-23(22-6-5-10-34-27(22)41-4-2)36-25(24)26(39)35-20-9-11-33-16-20/h5-8,10,18-21,33H,3-4,9,11-17H2,1-2H3,(H,35,39)/t18-,19-,20-,21-/m1/s1. The number of aromatic nitrogens is 2. The summed E-state index contributed by atoms with van der Waals surface area (Å²) in [5.74, 6) is -2.01. The molecule has 2 aromatic rings. The third-order valence-electron chi connectivity index (χ3n) is 8.34. The molecule has 5 rings (SSSR count). The number of carbonyl (C=O) groups excluding carboxylic acids is 2. The molecular weight excluding hydrogens is 537 g/mol. The molecule has 41 heavy (non-hydrogen) atoms. The lowest BCUT2D eigenvalue weighted by Crippen LogP contribution is -2.57. The van der Waals surface area contributed by atoms with E-state index in [1.54, 1.807) is 17.2 Å². The fraction of sp³-hybridized carbons (Fsp3) is 0.586. The molecule has 0 aromatic carbocycles. The zero-order valence-electron chi connectivity index (χ0n) is 23.4. The lowest BCUT2D eigenvalue weighted by molar-refractivity contribution is -0.206. The summed E-state index contributed by atoms with van der Waals surface area (Å²) in [6.45, 7) is 7.03. The molecule has 0 spiro atoms. The van der Waals surface area contributed by atoms with Crippen molar-refractivity contribution in [1.29, 1.82) is 0 Å². The number of pyridine rings is 2. The number of hydrogen-bond donors (Lipinski definition) is 2. The zero-order valence-corrected chi connectivity index (χ0v) is 23.4. The van der Waals surface area contributed by atoms with Gasteiger partial charge < -0.3 is 25.2 Å². The van der Waals surface area contributed by atoms with E-state index >= 15 is 0 Å². The zero-order chi connectivity index (χ0) is 29.1. The molecule has 2 aromatic heterocycles. The maximum Gasteiger partial charge on any atom is 0.391 e. The van der Waals surface area contributed by atoms with Crippen molar-refractivity contribution in [2.45, 2.75) is 57.8 Å². The van der Waals surface area contributed by atoms with Crippen LogP contribution in [0.3, 0.4) is 0 Å². The molecule has 9 nitrogen and oxygen atoms in total. The molecule has 0 bridgehead atoms. The van der Waals surface area contributed by atoms with E-state index in [0.29, 0.717) is 62.0 Å². The fourth-order valence-electron chi connectivity index (χ4n) is 5.94. The molecule has 2 saturated heterocycles. The molecule has 2 atom stereocenters. The second kappa shape index (κ2) is 12.2. The van der Waals surface area contributed by atoms with Gasteiger partial charge in [-0.15, -0.1) is 0 Å². The molecule has 0 radical (unpaired) electrons. The van der Waals surface area contributed by atoms with Crippen molar-refractivity contribution >= 4 is 17.5 Å². The second-order valence-electron chi connectivity index (χ2n) is 11.0. The number of piperazine rings is 1. The van der Waals surface area contributed by atoms with Gasteiger partial charge in [-0.1, -0.05) is 6.92 Å². The van der Waals surface area contributed by atoms with Gasteiger partial charge in [0.25, 0.3) is 5.91 Å². The van der Waals surface area contributed by atoms with Gasteiger partial charge in [-0.2, -0.15) is 13.2 Å². The highest BCUT2D eigenvalue weighted by Crippen LogP contribution is 2.45. The Bertz CT molecular complexity index is 1250. The van der Waals surface area contributed by atoms with Gasteiger partial charge in [-0.25, -0.2) is 9.97 Å². The van der Waals surface area contributed by atoms with E-state index in [2.05, 4.69) is 20.5 Å². The summed E-state index contributed by atoms with van der Waals surface area (Å²) in [6, 6.07) is 7.25. The predicted octanol–water partition coefficient (Wildman–Crippen LogP) is 3.65. The topological polar surface area (TPSA) is 99.7 Å². The molecule has 4 heterocycles. The first-order valence-electron chi connectivity index (χ1n) is 14.4. The van der Waals surface area contributed by atoms with Gasteiger partial charge in [0, 0.05) is 50.4 Å². The minimum atomic E-state index is -4.24. The van der Waals surface area contributed by atoms with Crippen LogP contribution in [-0.2, 0) is 4.79 Å². The number of alkyl halides is 3. The van der Waals surface area contributed by atoms with Crippen molar-refractivity contribution in [3.63, 3.8) is 0 Å². The van der Waals surface area contributed by atoms with E-state index in [4.69, 9.17) is 9.72 Å². The van der Waals surface area contributed by atoms with Gasteiger partial charge in [0.15, 0.2) is 5.69 Å². The van der Waals surface area contributed by atoms with E-state index in [1.165, 1.54) is 0 Å². The smallest absolute Gasteiger partial charge is 0.391 e. The normalized spacial score (nSPS) is 24.6. The Morgan fingerprint density at radius 2 is 1.98 bits per heavy atom. The Balaban J connectivity index is 1.39. The van der Waals surface area contributed by atoms with Crippen LogP contribution >= 0.6 is 0 Å². The number of nitrogens with zero attached hydrogens (tertiary/aromatic N) is 4. The summed E-state index contributed by atoms with van der Waals surface area (Å²) in [7, 11) is 0. The van der Waals surface area contributed by atoms with Crippen LogP contribution in [0.2, 0.25) is 0 Å². The van der Waals surface area contributed by atoms with Crippen molar-refractivity contribution in [3.8, 4) is 17.1 Å². The second-order valence-corrected chi connectivity index (χ2v) is 11.0. The third-order valence-corrected chi connectivity index (χ3v) is 8.34. The molecule has 0 unspecified atom stereocenters. The van der Waals surface area contributed by atoms with Crippen molar-refractivity contribution in [2.75, 3.05) is 44.2 Å². The summed E-state index contributed by atoms with van der Waals surface area (Å²) in [4.78, 5) is 39.6. The number of anilines is 1. The quantitative estimate of drug-likeness (QED) is 0.497. The number of rotatable bonds is 8. The van der Waals surface area contributed by atoms with Crippen molar-refractivity contribution in [2.24, 2.45) is 11.8 Å². The Kier molecular flexibility index (Phi) is 8.67. The highest BCUT2D eigenvalue weighted by Gasteiger charge is 2.51. The SMILES string of the molecule is CCOc1ncccc1-c1ccc(N2CCN(C(=O)[C@H]3C[C@H](C(F)(F)F)C3)C[C@H]2CC)c(C(=O)N[C@@H]2CCNC2)n1. The summed E-state index contributed by atoms with van der Waals surface area (Å²) >= 11 is 0. The number of amides is 2. The maximum atomic E-state index is 13.6. The summed E-state index contributed by atoms with van der Waals surface area (Å²) in [5.41, 5.74) is 2.19. The summed E-state index contributed by atoms with van der Waals surface area (Å²) in [6.07, 6.45) is -1.36. The van der Waals surface area contributed by atoms with Crippen LogP contribution in [0, 0.1) is 11.8 Å². The molecule has 3 aliphatic rings. The molecule has 2 amide bonds. The van der Waals surface area contributed by atoms with E-state index < -0.39 is 18.0 Å². The number of halogens is 3. The molecule has 3 fully saturated rings. The van der Waals surface area contributed by atoms with Gasteiger partial charge in [0.1, 0.15) is 0 Å². The molecule has 2 aliphatic heterocycles. The van der Waals surface area contributed by atoms with Crippen molar-refractivity contribution < 1.29 is 27.5 Å². The average Bonchev–Trinajstić information content (AvgIpc) is 3.44. The van der Waals surface area contributed by atoms with Gasteiger partial charge in [0.05, 0.1) is 29.5 Å². The van der Waals surface area contributed by atoms with E-state index in [0.717, 1.165) is 13.0 Å². The number of nitrogens with one attached hydrogen (secondary N) is 2. The number of hydrogen-bond acceptors (Lipinski definition) is 7. The van der Waals surface area contributed by atoms with Gasteiger partial charge >= 0.3 is 6.18 Å². The fourth-order valence-corrected chi connectivity index (χ4v) is 5.94. The third kappa shape index (κ3) is 6.27. The Morgan fingerprint density at radius 1 is 1.17 bits per heavy atom. The van der Waals surface area contributed by atoms with Crippen molar-refractivity contribution in [1.82, 2.24) is 25.5 Å². The summed E-state index contributed by atoms with van der Waals surface area (Å²) in [5, 5.41) is 6.36. The Morgan fingerprint density at radius 3 is 2.66 bits per heavy atom. The van der Waals surface area contributed by atoms with Gasteiger partial charge in [-0.3, -0.25) is 9.59 Å². The van der Waals surface area contributed by atoms with E-state index in [-0.39, 0.29) is 42.4 Å². The number of carbonyl (C=O) groups is 2. The van der Waals surface area contributed by atoms with Gasteiger partial charge in [-0.05, 0) is 63.4 Å². The van der Waals surface area contributed by atoms with Crippen molar-refractivity contribution in [3.05, 3.63) is 36.2 Å². The van der Waals surface area contributed by atoms with Crippen LogP contribution in [0.15, 0.2) is 30.5 Å². The maximum absolute atomic E-state index is 13.6. The monoisotopic (exact) mass is 574 g/mol. The molecule has 1 saturated carbocycles. The Labute approximate surface area is 237 Å². The highest BCUT2D eigenvalue weighted by atomic mass is 19.4. The van der Waals surface area contributed by atoms with Crippen LogP contribution in [0.1, 0.15) is 50.0 Å². The van der Waals surface area contributed by atoms with Crippen LogP contribution in [0.25, 0.3) is 11.3 Å². The first-order chi connectivity index (χ1) is 19.7. The van der Waals surface area contributed by atoms with Crippen LogP contribution < -0.4 is 20.3 Å². The largest absolute Gasteiger partial charge is 0.477 e. The molecule has 12 heteroatoms. The van der Waals surface area contributed by atoms with Crippen LogP contribution in [-0.4, -0.2) is 84.3 Å². The molecule has 222 valence electrons. The minimum absolute atomic E-state index is 0.00220. The van der Waals surface area contributed by atoms with Crippen LogP contribution in [0.4, 0.5) is 18.9 Å². The lowest BCUT2D eigenvalue weighted by Gasteiger charge is -2.45. The minimum Gasteiger partial charge on any atom is -0.477 e. The lowest BCUT2D eigenvalue weighted by atomic mass is 9.73. The molecule has 2 N–H and O–H groups in total. The number of ether oxygens (including phenoxy) is 1. The van der Waals surface area contributed by atoms with Gasteiger partial charge in [0.2, 0.25) is 11.8 Å². The van der Waals surface area contributed by atoms with E-state index in [1.807, 2.05) is 32.0 Å². The predicted molar refractivity (Wildman–Crippen MR) is 148 cm³/mol. The highest BCUT2D eigenvalue weighted by molar-refractivity contribution is 5.99.